The first-order valence-electron chi connectivity index (χ1n) is 12.4. The lowest BCUT2D eigenvalue weighted by molar-refractivity contribution is 0.0954. The largest absolute Gasteiger partial charge is 0.507 e. The summed E-state index contributed by atoms with van der Waals surface area (Å²) in [4.78, 5) is 30.2. The van der Waals surface area contributed by atoms with Gasteiger partial charge in [0.25, 0.3) is 11.8 Å². The number of aryl methyl sites for hydroxylation is 2. The van der Waals surface area contributed by atoms with Gasteiger partial charge in [0.05, 0.1) is 34.9 Å². The molecule has 2 amide bonds. The number of hydrogen-bond donors (Lipinski definition) is 4. The summed E-state index contributed by atoms with van der Waals surface area (Å²) in [5.41, 5.74) is 6.97. The highest BCUT2D eigenvalue weighted by Crippen LogP contribution is 2.26. The Labute approximate surface area is 229 Å². The molecule has 9 nitrogen and oxygen atoms in total. The monoisotopic (exact) mass is 531 g/mol. The molecule has 1 heterocycles. The van der Waals surface area contributed by atoms with E-state index >= 15 is 0 Å². The lowest BCUT2D eigenvalue weighted by atomic mass is 10.0. The number of amides is 2. The maximum atomic E-state index is 12.9. The molecule has 5 aromatic rings. The molecule has 0 unspecified atom stereocenters. The van der Waals surface area contributed by atoms with E-state index in [1.54, 1.807) is 38.1 Å². The Kier molecular flexibility index (Phi) is 7.19. The molecule has 0 saturated carbocycles. The normalized spacial score (nSPS) is 11.4. The minimum Gasteiger partial charge on any atom is -0.507 e. The fourth-order valence-corrected chi connectivity index (χ4v) is 4.46. The predicted molar refractivity (Wildman–Crippen MR) is 155 cm³/mol. The summed E-state index contributed by atoms with van der Waals surface area (Å²) in [7, 11) is 0. The number of aromatic nitrogens is 1. The van der Waals surface area contributed by atoms with Gasteiger partial charge in [-0.1, -0.05) is 60.7 Å². The number of phenols is 2. The van der Waals surface area contributed by atoms with Crippen LogP contribution in [0.25, 0.3) is 21.5 Å². The fourth-order valence-electron chi connectivity index (χ4n) is 4.46. The zero-order chi connectivity index (χ0) is 28.2. The Morgan fingerprint density at radius 1 is 0.675 bits per heavy atom. The van der Waals surface area contributed by atoms with Crippen LogP contribution < -0.4 is 10.9 Å². The van der Waals surface area contributed by atoms with E-state index in [4.69, 9.17) is 0 Å². The number of nitrogens with zero attached hydrogens (tertiary/aromatic N) is 3. The Bertz CT molecular complexity index is 1720. The molecule has 0 bridgehead atoms. The summed E-state index contributed by atoms with van der Waals surface area (Å²) in [6.07, 6.45) is 2.75. The van der Waals surface area contributed by atoms with Gasteiger partial charge in [0.1, 0.15) is 11.5 Å². The summed E-state index contributed by atoms with van der Waals surface area (Å²) in [5.74, 6) is -1.08. The third-order valence-electron chi connectivity index (χ3n) is 6.51. The second-order valence-electron chi connectivity index (χ2n) is 9.09. The van der Waals surface area contributed by atoms with Crippen LogP contribution in [0.15, 0.2) is 89.1 Å². The number of carbonyl (C=O) groups excluding carboxylic acids is 2. The van der Waals surface area contributed by atoms with Crippen molar-refractivity contribution in [3.05, 3.63) is 113 Å². The average Bonchev–Trinajstić information content (AvgIpc) is 2.95. The van der Waals surface area contributed by atoms with Gasteiger partial charge in [-0.2, -0.15) is 10.2 Å². The van der Waals surface area contributed by atoms with Crippen LogP contribution in [0.5, 0.6) is 11.5 Å². The smallest absolute Gasteiger partial charge is 0.273 e. The topological polar surface area (TPSA) is 136 Å². The van der Waals surface area contributed by atoms with E-state index in [0.717, 1.165) is 21.5 Å². The van der Waals surface area contributed by atoms with Gasteiger partial charge in [-0.3, -0.25) is 14.6 Å². The van der Waals surface area contributed by atoms with Crippen molar-refractivity contribution in [3.8, 4) is 11.5 Å². The van der Waals surface area contributed by atoms with Gasteiger partial charge in [0.15, 0.2) is 0 Å². The standard InChI is InChI=1S/C31H25N5O4/c1-18-24(30(39)35-32-16-26-22-9-5-3-7-20(22)11-13-28(26)37)15-25(19(2)34-18)31(40)36-33-17-27-23-10-6-4-8-21(23)12-14-29(27)38/h3-17,37-38H,1-2H3,(H,35,39)(H,36,40). The summed E-state index contributed by atoms with van der Waals surface area (Å²) in [5, 5.41) is 32.0. The molecule has 5 rings (SSSR count). The number of carbonyl (C=O) groups is 2. The minimum absolute atomic E-state index is 0.0289. The third kappa shape index (κ3) is 5.21. The Hall–Kier alpha value is -5.57. The number of phenolic OH excluding ortho intramolecular Hbond substituents is 2. The highest BCUT2D eigenvalue weighted by atomic mass is 16.3. The van der Waals surface area contributed by atoms with Crippen LogP contribution in [0.1, 0.15) is 43.2 Å². The summed E-state index contributed by atoms with van der Waals surface area (Å²) in [6.45, 7) is 3.32. The van der Waals surface area contributed by atoms with Crippen LogP contribution in [0, 0.1) is 13.8 Å². The van der Waals surface area contributed by atoms with E-state index in [9.17, 15) is 19.8 Å². The second kappa shape index (κ2) is 11.0. The number of nitrogens with one attached hydrogen (secondary N) is 2. The predicted octanol–water partition coefficient (Wildman–Crippen LogP) is 4.94. The van der Waals surface area contributed by atoms with Crippen molar-refractivity contribution in [2.45, 2.75) is 13.8 Å². The summed E-state index contributed by atoms with van der Waals surface area (Å²) >= 11 is 0. The van der Waals surface area contributed by atoms with Crippen molar-refractivity contribution in [2.24, 2.45) is 10.2 Å². The zero-order valence-corrected chi connectivity index (χ0v) is 21.7. The van der Waals surface area contributed by atoms with Gasteiger partial charge in [0.2, 0.25) is 0 Å². The maximum absolute atomic E-state index is 12.9. The number of benzene rings is 4. The molecule has 4 aromatic carbocycles. The van der Waals surface area contributed by atoms with Crippen molar-refractivity contribution in [3.63, 3.8) is 0 Å². The van der Waals surface area contributed by atoms with Crippen LogP contribution in [-0.2, 0) is 0 Å². The van der Waals surface area contributed by atoms with Crippen molar-refractivity contribution in [2.75, 3.05) is 0 Å². The van der Waals surface area contributed by atoms with Gasteiger partial charge >= 0.3 is 0 Å². The van der Waals surface area contributed by atoms with Crippen molar-refractivity contribution in [1.82, 2.24) is 15.8 Å². The number of aromatic hydroxyl groups is 2. The first-order valence-corrected chi connectivity index (χ1v) is 12.4. The molecule has 0 radical (unpaired) electrons. The molecule has 0 saturated heterocycles. The summed E-state index contributed by atoms with van der Waals surface area (Å²) < 4.78 is 0. The molecule has 4 N–H and O–H groups in total. The maximum Gasteiger partial charge on any atom is 0.273 e. The molecule has 9 heteroatoms. The van der Waals surface area contributed by atoms with E-state index in [0.29, 0.717) is 22.5 Å². The number of hydrazone groups is 2. The third-order valence-corrected chi connectivity index (χ3v) is 6.51. The highest BCUT2D eigenvalue weighted by molar-refractivity contribution is 6.05. The number of hydrogen-bond acceptors (Lipinski definition) is 7. The van der Waals surface area contributed by atoms with Crippen LogP contribution in [0.2, 0.25) is 0 Å². The number of rotatable bonds is 6. The molecule has 0 aliphatic carbocycles. The quantitative estimate of drug-likeness (QED) is 0.182. The van der Waals surface area contributed by atoms with E-state index in [-0.39, 0.29) is 22.6 Å². The second-order valence-corrected chi connectivity index (χ2v) is 9.09. The van der Waals surface area contributed by atoms with Crippen LogP contribution in [0.3, 0.4) is 0 Å². The Balaban J connectivity index is 1.34. The highest BCUT2D eigenvalue weighted by Gasteiger charge is 2.17. The molecular formula is C31H25N5O4. The molecule has 0 atom stereocenters. The van der Waals surface area contributed by atoms with E-state index in [1.807, 2.05) is 48.5 Å². The van der Waals surface area contributed by atoms with Crippen LogP contribution in [0.4, 0.5) is 0 Å². The summed E-state index contributed by atoms with van der Waals surface area (Å²) in [6, 6.07) is 23.1. The lowest BCUT2D eigenvalue weighted by Gasteiger charge is -2.10. The first kappa shape index (κ1) is 26.1. The van der Waals surface area contributed by atoms with Crippen LogP contribution >= 0.6 is 0 Å². The molecular weight excluding hydrogens is 506 g/mol. The van der Waals surface area contributed by atoms with Gasteiger partial charge in [-0.15, -0.1) is 0 Å². The Morgan fingerprint density at radius 3 is 1.55 bits per heavy atom. The molecule has 40 heavy (non-hydrogen) atoms. The molecule has 0 aliphatic rings. The number of pyridine rings is 1. The number of fused-ring (bicyclic) bond motifs is 2. The van der Waals surface area contributed by atoms with Crippen molar-refractivity contribution < 1.29 is 19.8 Å². The Morgan fingerprint density at radius 2 is 1.10 bits per heavy atom. The zero-order valence-electron chi connectivity index (χ0n) is 21.7. The molecule has 0 spiro atoms. The minimum atomic E-state index is -0.570. The van der Waals surface area contributed by atoms with E-state index in [2.05, 4.69) is 26.0 Å². The van der Waals surface area contributed by atoms with Gasteiger partial charge in [-0.05, 0) is 53.6 Å². The molecule has 0 aliphatic heterocycles. The molecule has 0 fully saturated rings. The fraction of sp³-hybridized carbons (Fsp3) is 0.0645. The lowest BCUT2D eigenvalue weighted by Crippen LogP contribution is -2.23. The van der Waals surface area contributed by atoms with E-state index < -0.39 is 11.8 Å². The van der Waals surface area contributed by atoms with Crippen LogP contribution in [-0.4, -0.2) is 39.4 Å². The molecule has 1 aromatic heterocycles. The van der Waals surface area contributed by atoms with E-state index in [1.165, 1.54) is 18.5 Å². The van der Waals surface area contributed by atoms with Crippen molar-refractivity contribution in [1.29, 1.82) is 0 Å². The van der Waals surface area contributed by atoms with Gasteiger partial charge in [0, 0.05) is 11.1 Å². The van der Waals surface area contributed by atoms with Gasteiger partial charge < -0.3 is 10.2 Å². The average molecular weight is 532 g/mol. The SMILES string of the molecule is Cc1nc(C)c(C(=O)NN=Cc2c(O)ccc3ccccc23)cc1C(=O)NN=Cc1c(O)ccc2ccccc12. The van der Waals surface area contributed by atoms with Crippen molar-refractivity contribution >= 4 is 45.8 Å². The first-order chi connectivity index (χ1) is 19.3. The molecule has 198 valence electrons. The van der Waals surface area contributed by atoms with Gasteiger partial charge in [-0.25, -0.2) is 10.9 Å².